The van der Waals surface area contributed by atoms with E-state index in [1.807, 2.05) is 20.8 Å². The van der Waals surface area contributed by atoms with Crippen molar-refractivity contribution in [3.05, 3.63) is 23.9 Å². The zero-order chi connectivity index (χ0) is 33.6. The van der Waals surface area contributed by atoms with E-state index in [0.29, 0.717) is 56.4 Å². The number of carbonyl (C=O) groups excluding carboxylic acids is 3. The van der Waals surface area contributed by atoms with Gasteiger partial charge in [0.25, 0.3) is 5.92 Å². The number of esters is 1. The van der Waals surface area contributed by atoms with Gasteiger partial charge in [0.05, 0.1) is 56.3 Å². The Kier molecular flexibility index (Phi) is 9.19. The summed E-state index contributed by atoms with van der Waals surface area (Å²) >= 11 is 0. The van der Waals surface area contributed by atoms with E-state index in [-0.39, 0.29) is 42.6 Å². The van der Waals surface area contributed by atoms with E-state index < -0.39 is 59.0 Å². The van der Waals surface area contributed by atoms with Crippen LogP contribution in [-0.2, 0) is 29.8 Å². The van der Waals surface area contributed by atoms with Crippen LogP contribution < -0.4 is 9.47 Å². The molecule has 1 aliphatic carbocycles. The molecule has 0 radical (unpaired) electrons. The fourth-order valence-corrected chi connectivity index (χ4v) is 8.13. The lowest BCUT2D eigenvalue weighted by atomic mass is 9.72. The maximum atomic E-state index is 16.1. The third-order valence-electron chi connectivity index (χ3n) is 11.1. The Bertz CT molecular complexity index is 1520. The Morgan fingerprint density at radius 1 is 1.06 bits per heavy atom. The molecule has 0 N–H and O–H groups in total. The van der Waals surface area contributed by atoms with Gasteiger partial charge in [-0.25, -0.2) is 9.97 Å². The Labute approximate surface area is 273 Å². The zero-order valence-corrected chi connectivity index (χ0v) is 27.6. The number of hydrogen-bond acceptors (Lipinski definition) is 9. The number of halogens is 2. The highest BCUT2D eigenvalue weighted by Gasteiger charge is 2.53. The first kappa shape index (κ1) is 33.5. The van der Waals surface area contributed by atoms with Crippen molar-refractivity contribution >= 4 is 29.2 Å². The number of nitrogens with zero attached hydrogens (tertiary/aromatic N) is 3. The molecule has 0 spiro atoms. The van der Waals surface area contributed by atoms with Crippen molar-refractivity contribution < 1.29 is 42.1 Å². The summed E-state index contributed by atoms with van der Waals surface area (Å²) in [7, 11) is 1.50. The second kappa shape index (κ2) is 12.9. The number of aromatic nitrogens is 2. The molecule has 1 aromatic heterocycles. The van der Waals surface area contributed by atoms with E-state index in [9.17, 15) is 14.4 Å². The Balaban J connectivity index is 1.42. The maximum Gasteiger partial charge on any atom is 0.307 e. The summed E-state index contributed by atoms with van der Waals surface area (Å²) in [6.07, 6.45) is 3.49. The molecule has 6 rings (SSSR count). The molecule has 2 aromatic rings. The molecule has 1 saturated carbocycles. The average Bonchev–Trinajstić information content (AvgIpc) is 3.57. The topological polar surface area (TPSA) is 117 Å². The first-order valence-electron chi connectivity index (χ1n) is 16.9. The molecule has 1 aromatic carbocycles. The van der Waals surface area contributed by atoms with Gasteiger partial charge in [0.2, 0.25) is 11.8 Å². The van der Waals surface area contributed by atoms with Crippen molar-refractivity contribution in [1.29, 1.82) is 0 Å². The predicted molar refractivity (Wildman–Crippen MR) is 167 cm³/mol. The third kappa shape index (κ3) is 6.29. The molecule has 0 unspecified atom stereocenters. The monoisotopic (exact) mass is 657 g/mol. The fraction of sp³-hybridized carbons (Fsp3) is 0.686. The van der Waals surface area contributed by atoms with Crippen LogP contribution in [0.5, 0.6) is 11.6 Å². The number of alkyl halides is 2. The van der Waals surface area contributed by atoms with Gasteiger partial charge >= 0.3 is 5.97 Å². The number of rotatable bonds is 4. The van der Waals surface area contributed by atoms with Gasteiger partial charge in [0.15, 0.2) is 5.69 Å². The molecule has 4 heterocycles. The quantitative estimate of drug-likeness (QED) is 0.305. The van der Waals surface area contributed by atoms with E-state index >= 15 is 8.78 Å². The second-order valence-electron chi connectivity index (χ2n) is 14.3. The smallest absolute Gasteiger partial charge is 0.307 e. The van der Waals surface area contributed by atoms with Gasteiger partial charge in [-0.1, -0.05) is 20.3 Å². The number of amides is 1. The minimum absolute atomic E-state index is 0.0224. The summed E-state index contributed by atoms with van der Waals surface area (Å²) in [5.74, 6) is -5.30. The second-order valence-corrected chi connectivity index (χ2v) is 14.3. The molecule has 12 heteroatoms. The van der Waals surface area contributed by atoms with E-state index in [1.54, 1.807) is 18.2 Å². The van der Waals surface area contributed by atoms with Crippen LogP contribution in [0.3, 0.4) is 0 Å². The molecule has 1 amide bonds. The van der Waals surface area contributed by atoms with E-state index in [4.69, 9.17) is 18.9 Å². The molecule has 2 bridgehead atoms. The molecule has 6 atom stereocenters. The van der Waals surface area contributed by atoms with E-state index in [2.05, 4.69) is 9.97 Å². The normalized spacial score (nSPS) is 32.6. The van der Waals surface area contributed by atoms with Crippen LogP contribution in [0.15, 0.2) is 18.2 Å². The highest BCUT2D eigenvalue weighted by Crippen LogP contribution is 2.46. The van der Waals surface area contributed by atoms with Crippen LogP contribution >= 0.6 is 0 Å². The lowest BCUT2D eigenvalue weighted by Gasteiger charge is -2.45. The van der Waals surface area contributed by atoms with Crippen LogP contribution in [0.2, 0.25) is 0 Å². The summed E-state index contributed by atoms with van der Waals surface area (Å²) in [6, 6.07) is 3.96. The molecule has 256 valence electrons. The number of ether oxygens (including phenoxy) is 4. The molecule has 47 heavy (non-hydrogen) atoms. The largest absolute Gasteiger partial charge is 0.497 e. The Hall–Kier alpha value is -3.41. The van der Waals surface area contributed by atoms with Crippen molar-refractivity contribution in [2.75, 3.05) is 26.9 Å². The minimum atomic E-state index is -3.36. The van der Waals surface area contributed by atoms with Crippen molar-refractivity contribution in [2.24, 2.45) is 23.2 Å². The van der Waals surface area contributed by atoms with Gasteiger partial charge in [-0.3, -0.25) is 9.59 Å². The summed E-state index contributed by atoms with van der Waals surface area (Å²) in [4.78, 5) is 50.9. The number of aldehydes is 1. The summed E-state index contributed by atoms with van der Waals surface area (Å²) in [5.41, 5.74) is -1.32. The van der Waals surface area contributed by atoms with Crippen molar-refractivity contribution in [3.8, 4) is 11.6 Å². The van der Waals surface area contributed by atoms with Crippen molar-refractivity contribution in [3.63, 3.8) is 0 Å². The van der Waals surface area contributed by atoms with Gasteiger partial charge in [0.1, 0.15) is 23.7 Å². The van der Waals surface area contributed by atoms with E-state index in [1.165, 1.54) is 12.0 Å². The summed E-state index contributed by atoms with van der Waals surface area (Å²) in [6.45, 7) is 6.24. The van der Waals surface area contributed by atoms with Crippen molar-refractivity contribution in [2.45, 2.75) is 102 Å². The Morgan fingerprint density at radius 3 is 2.51 bits per heavy atom. The lowest BCUT2D eigenvalue weighted by molar-refractivity contribution is -0.180. The number of hydrogen-bond donors (Lipinski definition) is 0. The van der Waals surface area contributed by atoms with Crippen LogP contribution in [0, 0.1) is 23.2 Å². The highest BCUT2D eigenvalue weighted by molar-refractivity contribution is 5.87. The highest BCUT2D eigenvalue weighted by atomic mass is 19.3. The first-order valence-corrected chi connectivity index (χ1v) is 16.9. The molecule has 2 saturated heterocycles. The Morgan fingerprint density at radius 2 is 1.83 bits per heavy atom. The van der Waals surface area contributed by atoms with Crippen LogP contribution in [0.1, 0.15) is 84.3 Å². The predicted octanol–water partition coefficient (Wildman–Crippen LogP) is 5.63. The molecular weight excluding hydrogens is 612 g/mol. The first-order chi connectivity index (χ1) is 22.4. The molecule has 10 nitrogen and oxygen atoms in total. The number of fused-ring (bicyclic) bond motifs is 5. The molecule has 3 fully saturated rings. The number of methoxy groups -OCH3 is 1. The van der Waals surface area contributed by atoms with Crippen LogP contribution in [0.25, 0.3) is 11.0 Å². The van der Waals surface area contributed by atoms with Gasteiger partial charge < -0.3 is 28.6 Å². The van der Waals surface area contributed by atoms with Gasteiger partial charge in [-0.2, -0.15) is 8.78 Å². The average molecular weight is 658 g/mol. The standard InChI is InChI=1S/C35H45F2N3O7/c1-5-23-27(18-41)40-17-28(23)46-31-30(38-25-12-11-22(44-4)15-26(25)39-31)35(36,37)14-7-6-9-21-10-8-13-34(21,3)47-29(42)16-24(32(40)43)33(2)19-45-20-33/h11-12,15,18,21,23-24,27-28H,5-10,13-14,16-17,19-20H2,1-4H3/t21-,23+,24-,27-,28+,34-/m1/s1. The lowest BCUT2D eigenvalue weighted by Crippen LogP contribution is -2.54. The van der Waals surface area contributed by atoms with Crippen LogP contribution in [-0.4, -0.2) is 77.6 Å². The molecule has 3 aliphatic heterocycles. The third-order valence-corrected chi connectivity index (χ3v) is 11.1. The van der Waals surface area contributed by atoms with Crippen LogP contribution in [0.4, 0.5) is 8.78 Å². The molecule has 4 aliphatic rings. The fourth-order valence-electron chi connectivity index (χ4n) is 8.13. The van der Waals surface area contributed by atoms with Gasteiger partial charge in [-0.05, 0) is 63.5 Å². The summed E-state index contributed by atoms with van der Waals surface area (Å²) in [5, 5.41) is 0. The van der Waals surface area contributed by atoms with Gasteiger partial charge in [0, 0.05) is 23.8 Å². The zero-order valence-electron chi connectivity index (χ0n) is 27.6. The van der Waals surface area contributed by atoms with Gasteiger partial charge in [-0.15, -0.1) is 0 Å². The number of carbonyl (C=O) groups is 3. The van der Waals surface area contributed by atoms with E-state index in [0.717, 1.165) is 12.8 Å². The molecular formula is C35H45F2N3O7. The van der Waals surface area contributed by atoms with Crippen molar-refractivity contribution in [1.82, 2.24) is 14.9 Å². The maximum absolute atomic E-state index is 16.1. The summed E-state index contributed by atoms with van der Waals surface area (Å²) < 4.78 is 55.6. The SMILES string of the molecule is CC[C@@H]1[C@@H]2CN(C(=O)[C@H](C3(C)COC3)CC(=O)O[C@]3(C)CCC[C@H]3CCCCC(F)(F)c3nc4ccc(OC)cc4nc3O2)[C@@H]1C=O. The minimum Gasteiger partial charge on any atom is -0.497 e. The number of benzene rings is 1.